The van der Waals surface area contributed by atoms with Crippen LogP contribution in [0.4, 0.5) is 5.13 Å². The Bertz CT molecular complexity index is 1070. The monoisotopic (exact) mass is 408 g/mol. The van der Waals surface area contributed by atoms with Crippen LogP contribution in [0, 0.1) is 6.92 Å². The van der Waals surface area contributed by atoms with Gasteiger partial charge in [0.25, 0.3) is 0 Å². The SMILES string of the molecule is COc1cccc(/C=C/C(=O)Nc2nc(C)c(Cc3ccc4c(c3)OCO4)s2)c1. The smallest absolute Gasteiger partial charge is 0.250 e. The lowest BCUT2D eigenvalue weighted by atomic mass is 10.1. The molecule has 29 heavy (non-hydrogen) atoms. The van der Waals surface area contributed by atoms with E-state index < -0.39 is 0 Å². The number of thiazole rings is 1. The molecule has 1 aliphatic heterocycles. The highest BCUT2D eigenvalue weighted by atomic mass is 32.1. The molecule has 7 heteroatoms. The number of hydrogen-bond donors (Lipinski definition) is 1. The fourth-order valence-corrected chi connectivity index (χ4v) is 3.95. The van der Waals surface area contributed by atoms with Crippen molar-refractivity contribution >= 4 is 28.5 Å². The van der Waals surface area contributed by atoms with Gasteiger partial charge in [-0.3, -0.25) is 10.1 Å². The van der Waals surface area contributed by atoms with E-state index in [4.69, 9.17) is 14.2 Å². The highest BCUT2D eigenvalue weighted by molar-refractivity contribution is 7.15. The standard InChI is InChI=1S/C22H20N2O4S/c1-14-20(12-16-6-8-18-19(11-16)28-13-27-18)29-22(23-14)24-21(25)9-7-15-4-3-5-17(10-15)26-2/h3-11H,12-13H2,1-2H3,(H,23,24,25)/b9-7+. The van der Waals surface area contributed by atoms with Crippen LogP contribution in [0.15, 0.2) is 48.5 Å². The molecule has 1 aliphatic rings. The van der Waals surface area contributed by atoms with E-state index in [9.17, 15) is 4.79 Å². The predicted octanol–water partition coefficient (Wildman–Crippen LogP) is 4.43. The molecule has 2 heterocycles. The first kappa shape index (κ1) is 19.0. The zero-order valence-electron chi connectivity index (χ0n) is 16.1. The van der Waals surface area contributed by atoms with Gasteiger partial charge in [0.1, 0.15) is 5.75 Å². The zero-order valence-corrected chi connectivity index (χ0v) is 16.9. The largest absolute Gasteiger partial charge is 0.497 e. The van der Waals surface area contributed by atoms with Crippen LogP contribution in [0.2, 0.25) is 0 Å². The average Bonchev–Trinajstić information content (AvgIpc) is 3.32. The summed E-state index contributed by atoms with van der Waals surface area (Å²) in [6.45, 7) is 2.21. The Labute approximate surface area is 172 Å². The van der Waals surface area contributed by atoms with Crippen LogP contribution in [0.3, 0.4) is 0 Å². The van der Waals surface area contributed by atoms with Crippen LogP contribution in [0.1, 0.15) is 21.7 Å². The molecule has 1 amide bonds. The van der Waals surface area contributed by atoms with Gasteiger partial charge >= 0.3 is 0 Å². The third-order valence-corrected chi connectivity index (χ3v) is 5.52. The predicted molar refractivity (Wildman–Crippen MR) is 113 cm³/mol. The normalized spacial score (nSPS) is 12.3. The Morgan fingerprint density at radius 2 is 2.10 bits per heavy atom. The summed E-state index contributed by atoms with van der Waals surface area (Å²) >= 11 is 1.47. The van der Waals surface area contributed by atoms with E-state index in [1.165, 1.54) is 17.4 Å². The molecular formula is C22H20N2O4S. The van der Waals surface area contributed by atoms with Crippen molar-refractivity contribution in [3.05, 3.63) is 70.2 Å². The van der Waals surface area contributed by atoms with Gasteiger partial charge in [-0.2, -0.15) is 0 Å². The third kappa shape index (κ3) is 4.57. The van der Waals surface area contributed by atoms with Crippen molar-refractivity contribution in [1.82, 2.24) is 4.98 Å². The number of hydrogen-bond acceptors (Lipinski definition) is 6. The second kappa shape index (κ2) is 8.36. The van der Waals surface area contributed by atoms with Crippen molar-refractivity contribution in [3.63, 3.8) is 0 Å². The van der Waals surface area contributed by atoms with E-state index in [0.717, 1.165) is 45.4 Å². The summed E-state index contributed by atoms with van der Waals surface area (Å²) < 4.78 is 16.0. The number of methoxy groups -OCH3 is 1. The van der Waals surface area contributed by atoms with Gasteiger partial charge in [-0.15, -0.1) is 11.3 Å². The minimum absolute atomic E-state index is 0.226. The topological polar surface area (TPSA) is 69.7 Å². The Morgan fingerprint density at radius 1 is 1.24 bits per heavy atom. The fourth-order valence-electron chi connectivity index (χ4n) is 2.95. The lowest BCUT2D eigenvalue weighted by Gasteiger charge is -2.02. The number of carbonyl (C=O) groups is 1. The second-order valence-electron chi connectivity index (χ2n) is 6.49. The summed E-state index contributed by atoms with van der Waals surface area (Å²) in [4.78, 5) is 17.8. The molecule has 3 aromatic rings. The number of anilines is 1. The van der Waals surface area contributed by atoms with Crippen molar-refractivity contribution in [2.75, 3.05) is 19.2 Å². The van der Waals surface area contributed by atoms with Gasteiger partial charge in [0.05, 0.1) is 12.8 Å². The number of aromatic nitrogens is 1. The lowest BCUT2D eigenvalue weighted by Crippen LogP contribution is -2.07. The van der Waals surface area contributed by atoms with Gasteiger partial charge in [0.15, 0.2) is 16.6 Å². The van der Waals surface area contributed by atoms with E-state index in [0.29, 0.717) is 5.13 Å². The van der Waals surface area contributed by atoms with Crippen LogP contribution in [0.5, 0.6) is 17.2 Å². The first-order chi connectivity index (χ1) is 14.1. The van der Waals surface area contributed by atoms with E-state index >= 15 is 0 Å². The molecule has 0 spiro atoms. The molecule has 0 atom stereocenters. The van der Waals surface area contributed by atoms with Crippen molar-refractivity contribution in [3.8, 4) is 17.2 Å². The van der Waals surface area contributed by atoms with Crippen LogP contribution in [-0.4, -0.2) is 24.8 Å². The molecule has 0 bridgehead atoms. The number of benzene rings is 2. The summed E-state index contributed by atoms with van der Waals surface area (Å²) in [6, 6.07) is 13.4. The molecule has 0 fully saturated rings. The summed E-state index contributed by atoms with van der Waals surface area (Å²) in [5.74, 6) is 2.05. The average molecular weight is 408 g/mol. The van der Waals surface area contributed by atoms with Crippen LogP contribution < -0.4 is 19.5 Å². The Kier molecular flexibility index (Phi) is 5.48. The van der Waals surface area contributed by atoms with E-state index in [1.54, 1.807) is 13.2 Å². The molecule has 0 aliphatic carbocycles. The van der Waals surface area contributed by atoms with Gasteiger partial charge in [-0.25, -0.2) is 4.98 Å². The highest BCUT2D eigenvalue weighted by Gasteiger charge is 2.15. The molecule has 148 valence electrons. The second-order valence-corrected chi connectivity index (χ2v) is 7.57. The van der Waals surface area contributed by atoms with E-state index in [-0.39, 0.29) is 12.7 Å². The Hall–Kier alpha value is -3.32. The van der Waals surface area contributed by atoms with Gasteiger partial charge < -0.3 is 14.2 Å². The van der Waals surface area contributed by atoms with Gasteiger partial charge in [-0.1, -0.05) is 18.2 Å². The summed E-state index contributed by atoms with van der Waals surface area (Å²) in [6.07, 6.45) is 3.95. The molecule has 1 N–H and O–H groups in total. The number of aryl methyl sites for hydroxylation is 1. The molecule has 0 unspecified atom stereocenters. The van der Waals surface area contributed by atoms with Gasteiger partial charge in [0.2, 0.25) is 12.7 Å². The maximum absolute atomic E-state index is 12.3. The number of rotatable bonds is 6. The molecular weight excluding hydrogens is 388 g/mol. The number of amides is 1. The minimum atomic E-state index is -0.226. The quantitative estimate of drug-likeness (QED) is 0.611. The maximum atomic E-state index is 12.3. The van der Waals surface area contributed by atoms with Crippen molar-refractivity contribution in [1.29, 1.82) is 0 Å². The van der Waals surface area contributed by atoms with Gasteiger partial charge in [0, 0.05) is 17.4 Å². The molecule has 0 saturated carbocycles. The van der Waals surface area contributed by atoms with Gasteiger partial charge in [-0.05, 0) is 48.4 Å². The number of nitrogens with one attached hydrogen (secondary N) is 1. The number of nitrogens with zero attached hydrogens (tertiary/aromatic N) is 1. The fraction of sp³-hybridized carbons (Fsp3) is 0.182. The van der Waals surface area contributed by atoms with E-state index in [2.05, 4.69) is 10.3 Å². The molecule has 4 rings (SSSR count). The first-order valence-electron chi connectivity index (χ1n) is 9.08. The number of ether oxygens (including phenoxy) is 3. The first-order valence-corrected chi connectivity index (χ1v) is 9.90. The summed E-state index contributed by atoms with van der Waals surface area (Å²) in [5, 5.41) is 3.42. The molecule has 1 aromatic heterocycles. The van der Waals surface area contributed by atoms with Crippen molar-refractivity contribution in [2.24, 2.45) is 0 Å². The molecule has 6 nitrogen and oxygen atoms in total. The minimum Gasteiger partial charge on any atom is -0.497 e. The number of carbonyl (C=O) groups excluding carboxylic acids is 1. The third-order valence-electron chi connectivity index (χ3n) is 4.45. The van der Waals surface area contributed by atoms with Crippen LogP contribution in [0.25, 0.3) is 6.08 Å². The summed E-state index contributed by atoms with van der Waals surface area (Å²) in [5.41, 5.74) is 2.90. The number of fused-ring (bicyclic) bond motifs is 1. The molecule has 0 saturated heterocycles. The molecule has 2 aromatic carbocycles. The maximum Gasteiger partial charge on any atom is 0.250 e. The van der Waals surface area contributed by atoms with Crippen molar-refractivity contribution in [2.45, 2.75) is 13.3 Å². The van der Waals surface area contributed by atoms with Crippen molar-refractivity contribution < 1.29 is 19.0 Å². The Balaban J connectivity index is 1.41. The Morgan fingerprint density at radius 3 is 2.97 bits per heavy atom. The zero-order chi connectivity index (χ0) is 20.2. The van der Waals surface area contributed by atoms with E-state index in [1.807, 2.05) is 49.4 Å². The lowest BCUT2D eigenvalue weighted by molar-refractivity contribution is -0.111. The highest BCUT2D eigenvalue weighted by Crippen LogP contribution is 2.34. The molecule has 0 radical (unpaired) electrons. The van der Waals surface area contributed by atoms with Crippen LogP contribution in [-0.2, 0) is 11.2 Å². The van der Waals surface area contributed by atoms with Crippen LogP contribution >= 0.6 is 11.3 Å². The summed E-state index contributed by atoms with van der Waals surface area (Å²) in [7, 11) is 1.61.